The number of rotatable bonds is 3. The molecule has 178 valence electrons. The van der Waals surface area contributed by atoms with Gasteiger partial charge in [0.15, 0.2) is 11.6 Å². The van der Waals surface area contributed by atoms with E-state index < -0.39 is 0 Å². The van der Waals surface area contributed by atoms with Crippen LogP contribution in [0, 0.1) is 0 Å². The van der Waals surface area contributed by atoms with Gasteiger partial charge in [-0.15, -0.1) is 11.3 Å². The van der Waals surface area contributed by atoms with Gasteiger partial charge in [0.2, 0.25) is 5.95 Å². The van der Waals surface area contributed by atoms with Gasteiger partial charge < -0.3 is 0 Å². The van der Waals surface area contributed by atoms with Crippen LogP contribution in [-0.2, 0) is 0 Å². The van der Waals surface area contributed by atoms with E-state index in [9.17, 15) is 0 Å². The van der Waals surface area contributed by atoms with E-state index in [1.807, 2.05) is 72.0 Å². The smallest absolute Gasteiger partial charge is 0.238 e. The van der Waals surface area contributed by atoms with Crippen LogP contribution in [0.3, 0.4) is 0 Å². The third-order valence-corrected chi connectivity index (χ3v) is 8.19. The number of benzene rings is 5. The summed E-state index contributed by atoms with van der Waals surface area (Å²) in [4.78, 5) is 16.9. The van der Waals surface area contributed by atoms with Crippen LogP contribution in [0.1, 0.15) is 5.56 Å². The minimum atomic E-state index is 0.599. The molecule has 0 aliphatic carbocycles. The first kappa shape index (κ1) is 21.2. The summed E-state index contributed by atoms with van der Waals surface area (Å²) in [7, 11) is 0. The van der Waals surface area contributed by atoms with Crippen molar-refractivity contribution in [3.8, 4) is 22.8 Å². The topological polar surface area (TPSA) is 41.9 Å². The van der Waals surface area contributed by atoms with Crippen LogP contribution in [0.5, 0.6) is 0 Å². The molecule has 4 nitrogen and oxygen atoms in total. The molecule has 0 radical (unpaired) electrons. The zero-order chi connectivity index (χ0) is 25.1. The summed E-state index contributed by atoms with van der Waals surface area (Å²) in [6.45, 7) is 0. The summed E-state index contributed by atoms with van der Waals surface area (Å²) in [5, 5.41) is 5.04. The van der Waals surface area contributed by atoms with Crippen molar-refractivity contribution < 1.29 is 0 Å². The molecule has 3 heterocycles. The second-order valence-electron chi connectivity index (χ2n) is 9.34. The Balaban J connectivity index is 1.38. The van der Waals surface area contributed by atoms with E-state index in [-0.39, 0.29) is 0 Å². The molecule has 7 aromatic rings. The summed E-state index contributed by atoms with van der Waals surface area (Å²) in [5.74, 6) is 1.91. The molecular formula is C33H20N4S. The highest BCUT2D eigenvalue weighted by Crippen LogP contribution is 2.45. The Labute approximate surface area is 223 Å². The van der Waals surface area contributed by atoms with E-state index >= 15 is 0 Å². The second kappa shape index (κ2) is 8.33. The molecule has 8 rings (SSSR count). The molecule has 5 heteroatoms. The summed E-state index contributed by atoms with van der Waals surface area (Å²) >= 11 is 1.85. The molecule has 0 amide bonds. The van der Waals surface area contributed by atoms with E-state index in [0.717, 1.165) is 16.8 Å². The zero-order valence-electron chi connectivity index (χ0n) is 20.2. The lowest BCUT2D eigenvalue weighted by molar-refractivity contribution is 1.02. The Morgan fingerprint density at radius 1 is 0.579 bits per heavy atom. The van der Waals surface area contributed by atoms with E-state index in [4.69, 9.17) is 15.0 Å². The molecule has 1 aliphatic rings. The van der Waals surface area contributed by atoms with Crippen molar-refractivity contribution in [3.05, 3.63) is 121 Å². The minimum Gasteiger partial charge on any atom is -0.285 e. The number of nitrogens with zero attached hydrogens (tertiary/aromatic N) is 4. The predicted octanol–water partition coefficient (Wildman–Crippen LogP) is 8.85. The van der Waals surface area contributed by atoms with Gasteiger partial charge in [0.25, 0.3) is 0 Å². The van der Waals surface area contributed by atoms with E-state index in [2.05, 4.69) is 65.7 Å². The third kappa shape index (κ3) is 3.26. The zero-order valence-corrected chi connectivity index (χ0v) is 21.1. The summed E-state index contributed by atoms with van der Waals surface area (Å²) in [6.07, 6.45) is 4.31. The monoisotopic (exact) mass is 504 g/mol. The lowest BCUT2D eigenvalue weighted by Gasteiger charge is -2.26. The fourth-order valence-electron chi connectivity index (χ4n) is 5.36. The molecule has 5 aromatic carbocycles. The summed E-state index contributed by atoms with van der Waals surface area (Å²) < 4.78 is 2.62. The van der Waals surface area contributed by atoms with Gasteiger partial charge in [-0.3, -0.25) is 4.90 Å². The Kier molecular flexibility index (Phi) is 4.66. The lowest BCUT2D eigenvalue weighted by atomic mass is 9.95. The number of hydrogen-bond donors (Lipinski definition) is 0. The Morgan fingerprint density at radius 3 is 2.00 bits per heavy atom. The summed E-state index contributed by atoms with van der Waals surface area (Å²) in [5.41, 5.74) is 4.24. The number of fused-ring (bicyclic) bond motifs is 4. The first-order valence-electron chi connectivity index (χ1n) is 12.5. The van der Waals surface area contributed by atoms with Crippen LogP contribution >= 0.6 is 11.3 Å². The fourth-order valence-corrected chi connectivity index (χ4v) is 6.53. The average molecular weight is 505 g/mol. The maximum absolute atomic E-state index is 4.97. The van der Waals surface area contributed by atoms with Crippen molar-refractivity contribution in [1.82, 2.24) is 15.0 Å². The Hall–Kier alpha value is -4.87. The molecule has 0 unspecified atom stereocenters. The standard InChI is InChI=1S/C33H20N4S/c1-3-10-21(11-4-1)31-34-32(22-12-5-2-6-13-22)36-33(35-31)37-19-18-25-29-23(14-9-16-26(29)37)20-28-30(25)24-15-7-8-17-27(24)38-28/h1-20H. The van der Waals surface area contributed by atoms with Gasteiger partial charge in [-0.05, 0) is 35.2 Å². The highest BCUT2D eigenvalue weighted by molar-refractivity contribution is 7.26. The Morgan fingerprint density at radius 2 is 1.26 bits per heavy atom. The van der Waals surface area contributed by atoms with Crippen molar-refractivity contribution in [1.29, 1.82) is 0 Å². The van der Waals surface area contributed by atoms with E-state index in [1.165, 1.54) is 36.5 Å². The van der Waals surface area contributed by atoms with Crippen molar-refractivity contribution in [2.75, 3.05) is 4.90 Å². The highest BCUT2D eigenvalue weighted by atomic mass is 32.1. The van der Waals surface area contributed by atoms with Gasteiger partial charge in [-0.2, -0.15) is 9.97 Å². The normalized spacial score (nSPS) is 12.6. The van der Waals surface area contributed by atoms with Gasteiger partial charge in [0.1, 0.15) is 0 Å². The molecule has 0 atom stereocenters. The summed E-state index contributed by atoms with van der Waals surface area (Å²) in [6, 6.07) is 37.6. The van der Waals surface area contributed by atoms with Gasteiger partial charge >= 0.3 is 0 Å². The average Bonchev–Trinajstić information content (AvgIpc) is 3.36. The predicted molar refractivity (Wildman–Crippen MR) is 159 cm³/mol. The number of anilines is 2. The highest BCUT2D eigenvalue weighted by Gasteiger charge is 2.23. The first-order valence-corrected chi connectivity index (χ1v) is 13.4. The molecule has 0 saturated heterocycles. The van der Waals surface area contributed by atoms with Crippen molar-refractivity contribution >= 4 is 60.0 Å². The minimum absolute atomic E-state index is 0.599. The van der Waals surface area contributed by atoms with Crippen LogP contribution in [0.15, 0.2) is 115 Å². The maximum Gasteiger partial charge on any atom is 0.238 e. The molecule has 0 saturated carbocycles. The molecule has 38 heavy (non-hydrogen) atoms. The SMILES string of the molecule is C1=CN(c2nc(-c3ccccc3)nc(-c3ccccc3)n2)c2cccc3cc4sc5ccccc5c4c1c23. The van der Waals surface area contributed by atoms with Crippen LogP contribution in [0.4, 0.5) is 11.6 Å². The van der Waals surface area contributed by atoms with Crippen molar-refractivity contribution in [2.24, 2.45) is 0 Å². The molecule has 0 fully saturated rings. The molecule has 1 aliphatic heterocycles. The van der Waals surface area contributed by atoms with Crippen LogP contribution in [0.25, 0.3) is 59.8 Å². The number of aromatic nitrogens is 3. The molecule has 0 N–H and O–H groups in total. The van der Waals surface area contributed by atoms with E-state index in [1.54, 1.807) is 0 Å². The van der Waals surface area contributed by atoms with Gasteiger partial charge in [0, 0.05) is 42.9 Å². The van der Waals surface area contributed by atoms with Gasteiger partial charge in [-0.25, -0.2) is 4.98 Å². The molecule has 2 aromatic heterocycles. The van der Waals surface area contributed by atoms with Gasteiger partial charge in [-0.1, -0.05) is 91.0 Å². The van der Waals surface area contributed by atoms with Crippen molar-refractivity contribution in [3.63, 3.8) is 0 Å². The maximum atomic E-state index is 4.97. The van der Waals surface area contributed by atoms with Crippen LogP contribution in [-0.4, -0.2) is 15.0 Å². The van der Waals surface area contributed by atoms with Crippen LogP contribution in [0.2, 0.25) is 0 Å². The first-order chi connectivity index (χ1) is 18.8. The fraction of sp³-hybridized carbons (Fsp3) is 0. The Bertz CT molecular complexity index is 1970. The second-order valence-corrected chi connectivity index (χ2v) is 10.4. The third-order valence-electron chi connectivity index (χ3n) is 7.08. The van der Waals surface area contributed by atoms with E-state index in [0.29, 0.717) is 17.6 Å². The number of hydrogen-bond acceptors (Lipinski definition) is 5. The number of thiophene rings is 1. The van der Waals surface area contributed by atoms with Gasteiger partial charge in [0.05, 0.1) is 5.69 Å². The molecular weight excluding hydrogens is 484 g/mol. The molecule has 0 bridgehead atoms. The quantitative estimate of drug-likeness (QED) is 0.241. The molecule has 0 spiro atoms. The largest absolute Gasteiger partial charge is 0.285 e. The van der Waals surface area contributed by atoms with Crippen molar-refractivity contribution in [2.45, 2.75) is 0 Å². The lowest BCUT2D eigenvalue weighted by Crippen LogP contribution is -2.16. The van der Waals surface area contributed by atoms with Crippen LogP contribution < -0.4 is 4.90 Å².